The van der Waals surface area contributed by atoms with Crippen LogP contribution in [0.3, 0.4) is 0 Å². The largest absolute Gasteiger partial charge is 0.352 e. The third-order valence-electron chi connectivity index (χ3n) is 4.96. The molecular formula is C18H21ClN4O2S2. The Morgan fingerprint density at radius 3 is 2.63 bits per heavy atom. The molecule has 0 aromatic carbocycles. The van der Waals surface area contributed by atoms with Gasteiger partial charge in [0.25, 0.3) is 5.91 Å². The van der Waals surface area contributed by atoms with Crippen molar-refractivity contribution in [1.29, 1.82) is 0 Å². The van der Waals surface area contributed by atoms with Crippen LogP contribution in [0.5, 0.6) is 0 Å². The molecule has 1 saturated carbocycles. The lowest BCUT2D eigenvalue weighted by molar-refractivity contribution is -0.126. The molecule has 1 saturated heterocycles. The van der Waals surface area contributed by atoms with E-state index in [-0.39, 0.29) is 17.9 Å². The smallest absolute Gasteiger partial charge is 0.273 e. The minimum atomic E-state index is -0.155. The Labute approximate surface area is 171 Å². The summed E-state index contributed by atoms with van der Waals surface area (Å²) in [5.41, 5.74) is 0.479. The van der Waals surface area contributed by atoms with Gasteiger partial charge in [-0.3, -0.25) is 14.5 Å². The lowest BCUT2D eigenvalue weighted by Gasteiger charge is -2.37. The van der Waals surface area contributed by atoms with Crippen LogP contribution in [0.15, 0.2) is 17.5 Å². The SMILES string of the molecule is CC(C(=O)NC1CC1)N1CCN(C(=O)c2csc(-c3ccc(Cl)s3)n2)CC1. The summed E-state index contributed by atoms with van der Waals surface area (Å²) in [6, 6.07) is 3.98. The summed E-state index contributed by atoms with van der Waals surface area (Å²) >= 11 is 8.90. The first kappa shape index (κ1) is 18.9. The molecule has 6 nitrogen and oxygen atoms in total. The molecule has 1 atom stereocenters. The first-order chi connectivity index (χ1) is 13.0. The maximum Gasteiger partial charge on any atom is 0.273 e. The zero-order valence-electron chi connectivity index (χ0n) is 15.0. The monoisotopic (exact) mass is 424 g/mol. The molecule has 4 rings (SSSR count). The molecule has 144 valence electrons. The molecule has 2 aromatic heterocycles. The topological polar surface area (TPSA) is 65.5 Å². The van der Waals surface area contributed by atoms with Crippen molar-refractivity contribution in [2.24, 2.45) is 0 Å². The molecule has 9 heteroatoms. The number of amides is 2. The van der Waals surface area contributed by atoms with E-state index < -0.39 is 0 Å². The van der Waals surface area contributed by atoms with Crippen molar-refractivity contribution in [3.05, 3.63) is 27.5 Å². The molecule has 1 aliphatic heterocycles. The molecule has 1 aliphatic carbocycles. The Morgan fingerprint density at radius 2 is 2.00 bits per heavy atom. The molecule has 2 aromatic rings. The van der Waals surface area contributed by atoms with E-state index >= 15 is 0 Å². The van der Waals surface area contributed by atoms with Crippen LogP contribution in [0.2, 0.25) is 4.34 Å². The summed E-state index contributed by atoms with van der Waals surface area (Å²) in [6.45, 7) is 4.55. The van der Waals surface area contributed by atoms with Crippen LogP contribution < -0.4 is 5.32 Å². The summed E-state index contributed by atoms with van der Waals surface area (Å²) in [6.07, 6.45) is 2.18. The second-order valence-corrected chi connectivity index (χ2v) is 9.50. The average Bonchev–Trinajstić information content (AvgIpc) is 3.17. The fraction of sp³-hybridized carbons (Fsp3) is 0.500. The third-order valence-corrected chi connectivity index (χ3v) is 7.20. The van der Waals surface area contributed by atoms with E-state index in [0.717, 1.165) is 22.7 Å². The number of piperazine rings is 1. The number of thiazole rings is 1. The standard InChI is InChI=1S/C18H21ClN4O2S2/c1-11(16(24)20-12-2-3-12)22-6-8-23(9-7-22)18(25)13-10-26-17(21-13)14-4-5-15(19)27-14/h4-5,10-12H,2-3,6-9H2,1H3,(H,20,24). The number of carbonyl (C=O) groups is 2. The first-order valence-corrected chi connectivity index (χ1v) is 11.1. The summed E-state index contributed by atoms with van der Waals surface area (Å²) in [5.74, 6) is 0.0471. The second kappa shape index (κ2) is 7.87. The second-order valence-electron chi connectivity index (χ2n) is 6.93. The van der Waals surface area contributed by atoms with Crippen LogP contribution >= 0.6 is 34.3 Å². The highest BCUT2D eigenvalue weighted by atomic mass is 35.5. The zero-order valence-corrected chi connectivity index (χ0v) is 17.4. The van der Waals surface area contributed by atoms with Crippen LogP contribution in [0.25, 0.3) is 9.88 Å². The number of rotatable bonds is 5. The van der Waals surface area contributed by atoms with Crippen LogP contribution in [0, 0.1) is 0 Å². The molecule has 1 N–H and O–H groups in total. The molecule has 2 amide bonds. The highest BCUT2D eigenvalue weighted by molar-refractivity contribution is 7.23. The van der Waals surface area contributed by atoms with Crippen LogP contribution in [-0.2, 0) is 4.79 Å². The van der Waals surface area contributed by atoms with Gasteiger partial charge in [-0.2, -0.15) is 0 Å². The van der Waals surface area contributed by atoms with E-state index in [1.165, 1.54) is 22.7 Å². The molecule has 1 unspecified atom stereocenters. The quantitative estimate of drug-likeness (QED) is 0.801. The number of carbonyl (C=O) groups excluding carboxylic acids is 2. The average molecular weight is 425 g/mol. The van der Waals surface area contributed by atoms with Crippen LogP contribution in [0.1, 0.15) is 30.3 Å². The normalized spacial score (nSPS) is 19.1. The van der Waals surface area contributed by atoms with Crippen molar-refractivity contribution < 1.29 is 9.59 Å². The minimum absolute atomic E-state index is 0.0464. The third kappa shape index (κ3) is 4.34. The molecular weight excluding hydrogens is 404 g/mol. The van der Waals surface area contributed by atoms with Crippen LogP contribution in [-0.4, -0.2) is 64.9 Å². The molecule has 0 radical (unpaired) electrons. The summed E-state index contributed by atoms with van der Waals surface area (Å²) in [4.78, 5) is 34.4. The molecule has 3 heterocycles. The first-order valence-electron chi connectivity index (χ1n) is 9.06. The van der Waals surface area contributed by atoms with Gasteiger partial charge in [-0.1, -0.05) is 11.6 Å². The maximum atomic E-state index is 12.8. The fourth-order valence-corrected chi connectivity index (χ4v) is 5.01. The molecule has 27 heavy (non-hydrogen) atoms. The van der Waals surface area contributed by atoms with Gasteiger partial charge in [0.05, 0.1) is 15.3 Å². The van der Waals surface area contributed by atoms with Gasteiger partial charge in [-0.05, 0) is 31.9 Å². The molecule has 2 fully saturated rings. The van der Waals surface area contributed by atoms with Crippen molar-refractivity contribution >= 4 is 46.1 Å². The van der Waals surface area contributed by atoms with E-state index in [2.05, 4.69) is 15.2 Å². The van der Waals surface area contributed by atoms with Gasteiger partial charge in [0.1, 0.15) is 10.7 Å². The van der Waals surface area contributed by atoms with Crippen molar-refractivity contribution in [2.45, 2.75) is 31.8 Å². The summed E-state index contributed by atoms with van der Waals surface area (Å²) in [7, 11) is 0. The van der Waals surface area contributed by atoms with Gasteiger partial charge >= 0.3 is 0 Å². The van der Waals surface area contributed by atoms with Crippen molar-refractivity contribution in [3.8, 4) is 9.88 Å². The van der Waals surface area contributed by atoms with E-state index in [4.69, 9.17) is 11.6 Å². The lowest BCUT2D eigenvalue weighted by Crippen LogP contribution is -2.55. The Morgan fingerprint density at radius 1 is 1.26 bits per heavy atom. The number of halogens is 1. The van der Waals surface area contributed by atoms with Gasteiger partial charge in [-0.15, -0.1) is 22.7 Å². The van der Waals surface area contributed by atoms with Gasteiger partial charge in [0, 0.05) is 37.6 Å². The predicted octanol–water partition coefficient (Wildman–Crippen LogP) is 2.95. The van der Waals surface area contributed by atoms with Gasteiger partial charge in [0.2, 0.25) is 5.91 Å². The maximum absolute atomic E-state index is 12.8. The molecule has 0 spiro atoms. The summed E-state index contributed by atoms with van der Waals surface area (Å²) in [5, 5.41) is 5.68. The van der Waals surface area contributed by atoms with Crippen molar-refractivity contribution in [1.82, 2.24) is 20.1 Å². The van der Waals surface area contributed by atoms with Crippen molar-refractivity contribution in [2.75, 3.05) is 26.2 Å². The molecule has 0 bridgehead atoms. The lowest BCUT2D eigenvalue weighted by atomic mass is 10.2. The highest BCUT2D eigenvalue weighted by Gasteiger charge is 2.31. The van der Waals surface area contributed by atoms with Crippen molar-refractivity contribution in [3.63, 3.8) is 0 Å². The van der Waals surface area contributed by atoms with E-state index in [0.29, 0.717) is 42.3 Å². The number of nitrogens with zero attached hydrogens (tertiary/aromatic N) is 3. The van der Waals surface area contributed by atoms with E-state index in [1.54, 1.807) is 0 Å². The van der Waals surface area contributed by atoms with E-state index in [1.807, 2.05) is 29.3 Å². The highest BCUT2D eigenvalue weighted by Crippen LogP contribution is 2.33. The number of hydrogen-bond acceptors (Lipinski definition) is 6. The Balaban J connectivity index is 1.33. The number of hydrogen-bond donors (Lipinski definition) is 1. The predicted molar refractivity (Wildman–Crippen MR) is 109 cm³/mol. The zero-order chi connectivity index (χ0) is 19.0. The number of thiophene rings is 1. The number of aromatic nitrogens is 1. The molecule has 2 aliphatic rings. The van der Waals surface area contributed by atoms with Gasteiger partial charge < -0.3 is 10.2 Å². The Bertz CT molecular complexity index is 840. The number of nitrogens with one attached hydrogen (secondary N) is 1. The Hall–Kier alpha value is -1.48. The van der Waals surface area contributed by atoms with Gasteiger partial charge in [0.15, 0.2) is 0 Å². The Kier molecular flexibility index (Phi) is 5.50. The van der Waals surface area contributed by atoms with E-state index in [9.17, 15) is 9.59 Å². The minimum Gasteiger partial charge on any atom is -0.352 e. The van der Waals surface area contributed by atoms with Gasteiger partial charge in [-0.25, -0.2) is 4.98 Å². The van der Waals surface area contributed by atoms with Crippen LogP contribution in [0.4, 0.5) is 0 Å². The summed E-state index contributed by atoms with van der Waals surface area (Å²) < 4.78 is 0.712. The fourth-order valence-electron chi connectivity index (χ4n) is 3.10.